The summed E-state index contributed by atoms with van der Waals surface area (Å²) in [6.07, 6.45) is 1.28. The molecule has 0 saturated carbocycles. The maximum absolute atomic E-state index is 12.1. The largest absolute Gasteiger partial charge is 0.618 e. The van der Waals surface area contributed by atoms with Crippen molar-refractivity contribution < 1.29 is 19.0 Å². The predicted octanol–water partition coefficient (Wildman–Crippen LogP) is 1.74. The Labute approximate surface area is 129 Å². The van der Waals surface area contributed by atoms with E-state index in [2.05, 4.69) is 21.2 Å². The molecule has 6 nitrogen and oxygen atoms in total. The van der Waals surface area contributed by atoms with Crippen LogP contribution in [0.5, 0.6) is 11.5 Å². The van der Waals surface area contributed by atoms with Gasteiger partial charge in [0, 0.05) is 12.6 Å². The van der Waals surface area contributed by atoms with Gasteiger partial charge in [0.15, 0.2) is 17.7 Å². The van der Waals surface area contributed by atoms with Crippen LogP contribution in [0.1, 0.15) is 16.1 Å². The van der Waals surface area contributed by atoms with Crippen molar-refractivity contribution in [1.82, 2.24) is 5.32 Å². The van der Waals surface area contributed by atoms with Gasteiger partial charge in [0.1, 0.15) is 0 Å². The third kappa shape index (κ3) is 2.78. The average Bonchev–Trinajstić information content (AvgIpc) is 2.92. The zero-order valence-corrected chi connectivity index (χ0v) is 12.4. The van der Waals surface area contributed by atoms with Crippen LogP contribution in [0.25, 0.3) is 0 Å². The van der Waals surface area contributed by atoms with Crippen LogP contribution in [0.3, 0.4) is 0 Å². The Hall–Kier alpha value is -2.28. The lowest BCUT2D eigenvalue weighted by atomic mass is 10.2. The lowest BCUT2D eigenvalue weighted by molar-refractivity contribution is -0.608. The van der Waals surface area contributed by atoms with Gasteiger partial charge < -0.3 is 20.0 Å². The van der Waals surface area contributed by atoms with E-state index in [9.17, 15) is 10.0 Å². The van der Waals surface area contributed by atoms with E-state index in [-0.39, 0.29) is 19.0 Å². The van der Waals surface area contributed by atoms with Crippen molar-refractivity contribution in [3.05, 3.63) is 57.5 Å². The third-order valence-electron chi connectivity index (χ3n) is 3.02. The van der Waals surface area contributed by atoms with Crippen molar-refractivity contribution in [1.29, 1.82) is 0 Å². The fourth-order valence-electron chi connectivity index (χ4n) is 1.99. The highest BCUT2D eigenvalue weighted by Gasteiger charge is 2.20. The van der Waals surface area contributed by atoms with E-state index in [1.165, 1.54) is 6.20 Å². The van der Waals surface area contributed by atoms with E-state index in [0.717, 1.165) is 5.56 Å². The number of nitrogens with one attached hydrogen (secondary N) is 1. The van der Waals surface area contributed by atoms with Gasteiger partial charge in [-0.2, -0.15) is 4.73 Å². The Morgan fingerprint density at radius 3 is 2.95 bits per heavy atom. The van der Waals surface area contributed by atoms with E-state index in [1.54, 1.807) is 24.3 Å². The quantitative estimate of drug-likeness (QED) is 0.675. The highest BCUT2D eigenvalue weighted by Crippen LogP contribution is 2.32. The first-order valence-electron chi connectivity index (χ1n) is 6.19. The Morgan fingerprint density at radius 2 is 2.14 bits per heavy atom. The van der Waals surface area contributed by atoms with E-state index >= 15 is 0 Å². The molecule has 2 heterocycles. The van der Waals surface area contributed by atoms with E-state index < -0.39 is 5.91 Å². The van der Waals surface area contributed by atoms with Crippen LogP contribution in [-0.4, -0.2) is 12.7 Å². The minimum Gasteiger partial charge on any atom is -0.618 e. The standard InChI is InChI=1S/C14H11BrN2O4/c15-10-2-1-5-17(19)13(10)14(18)16-7-9-3-4-11-12(6-9)21-8-20-11/h1-6H,7-8H2,(H,16,18). The molecular formula is C14H11BrN2O4. The van der Waals surface area contributed by atoms with Crippen molar-refractivity contribution in [2.24, 2.45) is 0 Å². The summed E-state index contributed by atoms with van der Waals surface area (Å²) in [4.78, 5) is 12.1. The van der Waals surface area contributed by atoms with Crippen LogP contribution in [0.2, 0.25) is 0 Å². The molecule has 21 heavy (non-hydrogen) atoms. The number of halogens is 1. The number of rotatable bonds is 3. The second-order valence-corrected chi connectivity index (χ2v) is 5.26. The molecule has 7 heteroatoms. The molecule has 1 aromatic carbocycles. The van der Waals surface area contributed by atoms with Crippen LogP contribution < -0.4 is 19.5 Å². The molecule has 0 bridgehead atoms. The smallest absolute Gasteiger partial charge is 0.318 e. The fourth-order valence-corrected chi connectivity index (χ4v) is 2.50. The summed E-state index contributed by atoms with van der Waals surface area (Å²) in [5, 5.41) is 14.3. The lowest BCUT2D eigenvalue weighted by Gasteiger charge is -2.07. The van der Waals surface area contributed by atoms with Crippen LogP contribution >= 0.6 is 15.9 Å². The molecule has 0 unspecified atom stereocenters. The minimum absolute atomic E-state index is 0.0262. The van der Waals surface area contributed by atoms with Crippen LogP contribution in [0, 0.1) is 5.21 Å². The summed E-state index contributed by atoms with van der Waals surface area (Å²) >= 11 is 3.20. The third-order valence-corrected chi connectivity index (χ3v) is 3.66. The fraction of sp³-hybridized carbons (Fsp3) is 0.143. The number of pyridine rings is 1. The van der Waals surface area contributed by atoms with Gasteiger partial charge in [-0.3, -0.25) is 4.79 Å². The van der Waals surface area contributed by atoms with Crippen molar-refractivity contribution in [2.45, 2.75) is 6.54 Å². The Kier molecular flexibility index (Phi) is 3.66. The van der Waals surface area contributed by atoms with Crippen molar-refractivity contribution in [3.63, 3.8) is 0 Å². The molecule has 1 N–H and O–H groups in total. The van der Waals surface area contributed by atoms with Gasteiger partial charge in [-0.15, -0.1) is 0 Å². The number of ether oxygens (including phenoxy) is 2. The van der Waals surface area contributed by atoms with Gasteiger partial charge in [-0.25, -0.2) is 0 Å². The number of carbonyl (C=O) groups excluding carboxylic acids is 1. The number of aromatic nitrogens is 1. The topological polar surface area (TPSA) is 74.5 Å². The number of carbonyl (C=O) groups is 1. The number of fused-ring (bicyclic) bond motifs is 1. The molecule has 1 aromatic heterocycles. The molecular weight excluding hydrogens is 340 g/mol. The maximum Gasteiger partial charge on any atom is 0.318 e. The average molecular weight is 351 g/mol. The molecule has 3 rings (SSSR count). The zero-order chi connectivity index (χ0) is 14.8. The molecule has 0 aliphatic carbocycles. The summed E-state index contributed by atoms with van der Waals surface area (Å²) in [5.41, 5.74) is 0.885. The molecule has 0 radical (unpaired) electrons. The second-order valence-electron chi connectivity index (χ2n) is 4.40. The Balaban J connectivity index is 1.71. The lowest BCUT2D eigenvalue weighted by Crippen LogP contribution is -2.39. The number of benzene rings is 1. The Morgan fingerprint density at radius 1 is 1.33 bits per heavy atom. The van der Waals surface area contributed by atoms with Gasteiger partial charge in [0.05, 0.1) is 4.47 Å². The normalized spacial score (nSPS) is 12.2. The summed E-state index contributed by atoms with van der Waals surface area (Å²) < 4.78 is 11.5. The number of hydrogen-bond donors (Lipinski definition) is 1. The van der Waals surface area contributed by atoms with E-state index in [1.807, 2.05) is 6.07 Å². The molecule has 1 aliphatic rings. The number of nitrogens with zero attached hydrogens (tertiary/aromatic N) is 1. The van der Waals surface area contributed by atoms with Gasteiger partial charge in [-0.05, 0) is 39.7 Å². The molecule has 108 valence electrons. The first-order chi connectivity index (χ1) is 10.1. The van der Waals surface area contributed by atoms with Crippen molar-refractivity contribution in [3.8, 4) is 11.5 Å². The minimum atomic E-state index is -0.449. The van der Waals surface area contributed by atoms with E-state index in [0.29, 0.717) is 20.7 Å². The molecule has 1 aliphatic heterocycles. The molecule has 1 amide bonds. The molecule has 2 aromatic rings. The van der Waals surface area contributed by atoms with Crippen LogP contribution in [-0.2, 0) is 6.54 Å². The maximum atomic E-state index is 12.1. The predicted molar refractivity (Wildman–Crippen MR) is 76.8 cm³/mol. The second kappa shape index (κ2) is 5.61. The molecule has 0 spiro atoms. The summed E-state index contributed by atoms with van der Waals surface area (Å²) in [6.45, 7) is 0.495. The summed E-state index contributed by atoms with van der Waals surface area (Å²) in [5.74, 6) is 0.893. The highest BCUT2D eigenvalue weighted by molar-refractivity contribution is 9.10. The Bertz CT molecular complexity index is 685. The van der Waals surface area contributed by atoms with Crippen molar-refractivity contribution >= 4 is 21.8 Å². The van der Waals surface area contributed by atoms with Gasteiger partial charge in [-0.1, -0.05) is 6.07 Å². The highest BCUT2D eigenvalue weighted by atomic mass is 79.9. The van der Waals surface area contributed by atoms with Crippen molar-refractivity contribution in [2.75, 3.05) is 6.79 Å². The van der Waals surface area contributed by atoms with Crippen LogP contribution in [0.4, 0.5) is 0 Å². The molecule has 0 fully saturated rings. The number of hydrogen-bond acceptors (Lipinski definition) is 4. The monoisotopic (exact) mass is 350 g/mol. The summed E-state index contributed by atoms with van der Waals surface area (Å²) in [7, 11) is 0. The first-order valence-corrected chi connectivity index (χ1v) is 6.99. The SMILES string of the molecule is O=C(NCc1ccc2c(c1)OCO2)c1c(Br)ccc[n+]1[O-]. The van der Waals surface area contributed by atoms with Crippen LogP contribution in [0.15, 0.2) is 41.0 Å². The summed E-state index contributed by atoms with van der Waals surface area (Å²) in [6, 6.07) is 8.62. The van der Waals surface area contributed by atoms with Gasteiger partial charge >= 0.3 is 5.91 Å². The number of amides is 1. The van der Waals surface area contributed by atoms with E-state index in [4.69, 9.17) is 9.47 Å². The molecule has 0 atom stereocenters. The molecule has 0 saturated heterocycles. The zero-order valence-electron chi connectivity index (χ0n) is 10.8. The van der Waals surface area contributed by atoms with Gasteiger partial charge in [0.25, 0.3) is 5.69 Å². The first kappa shape index (κ1) is 13.7. The van der Waals surface area contributed by atoms with Gasteiger partial charge in [0.2, 0.25) is 6.79 Å².